The van der Waals surface area contributed by atoms with Gasteiger partial charge in [-0.3, -0.25) is 0 Å². The minimum Gasteiger partial charge on any atom is -0.152 e. The Hall–Kier alpha value is -1.21. The number of hydrogen-bond donors (Lipinski definition) is 0. The molecule has 3 rings (SSSR count). The van der Waals surface area contributed by atoms with Crippen LogP contribution in [0, 0.1) is 0 Å². The zero-order chi connectivity index (χ0) is 14.5. The van der Waals surface area contributed by atoms with Crippen LogP contribution in [0.15, 0.2) is 36.4 Å². The van der Waals surface area contributed by atoms with Gasteiger partial charge in [-0.25, -0.2) is 0 Å². The minimum absolute atomic E-state index is 0.239. The zero-order valence-electron chi connectivity index (χ0n) is 13.4. The molecular formula is C19H25Si-. The smallest absolute Gasteiger partial charge is 0.0632 e. The largest absolute Gasteiger partial charge is 0.152 e. The lowest BCUT2D eigenvalue weighted by atomic mass is 9.86. The first-order valence-corrected chi connectivity index (χ1v) is 10.3. The molecule has 106 valence electrons. The quantitative estimate of drug-likeness (QED) is 0.569. The van der Waals surface area contributed by atoms with Crippen molar-refractivity contribution < 1.29 is 0 Å². The van der Waals surface area contributed by atoms with Crippen molar-refractivity contribution in [1.82, 2.24) is 0 Å². The molecule has 0 fully saturated rings. The van der Waals surface area contributed by atoms with E-state index in [9.17, 15) is 0 Å². The van der Waals surface area contributed by atoms with Crippen molar-refractivity contribution >= 4 is 18.4 Å². The predicted octanol–water partition coefficient (Wildman–Crippen LogP) is 4.29. The Labute approximate surface area is 124 Å². The summed E-state index contributed by atoms with van der Waals surface area (Å²) in [6, 6.07) is 16.9. The van der Waals surface area contributed by atoms with Crippen LogP contribution in [-0.4, -0.2) is 8.07 Å². The molecule has 0 bridgehead atoms. The van der Waals surface area contributed by atoms with Gasteiger partial charge in [-0.1, -0.05) is 70.0 Å². The molecule has 1 aliphatic heterocycles. The second-order valence-corrected chi connectivity index (χ2v) is 11.8. The topological polar surface area (TPSA) is 0 Å². The van der Waals surface area contributed by atoms with E-state index in [4.69, 9.17) is 0 Å². The van der Waals surface area contributed by atoms with Crippen LogP contribution in [0.1, 0.15) is 40.2 Å². The van der Waals surface area contributed by atoms with E-state index in [1.165, 1.54) is 28.8 Å². The molecule has 0 aliphatic carbocycles. The van der Waals surface area contributed by atoms with E-state index in [1.807, 2.05) is 0 Å². The second-order valence-electron chi connectivity index (χ2n) is 7.15. The van der Waals surface area contributed by atoms with Crippen molar-refractivity contribution in [3.8, 4) is 11.1 Å². The molecule has 0 atom stereocenters. The fraction of sp³-hybridized carbons (Fsp3) is 0.421. The number of benzene rings is 1. The second kappa shape index (κ2) is 4.39. The Morgan fingerprint density at radius 3 is 2.35 bits per heavy atom. The molecule has 1 aliphatic rings. The first kappa shape index (κ1) is 13.8. The van der Waals surface area contributed by atoms with Gasteiger partial charge in [-0.15, -0.1) is 28.1 Å². The van der Waals surface area contributed by atoms with Gasteiger partial charge in [0, 0.05) is 0 Å². The van der Waals surface area contributed by atoms with Crippen molar-refractivity contribution in [2.24, 2.45) is 0 Å². The summed E-state index contributed by atoms with van der Waals surface area (Å²) in [6.45, 7) is 11.7. The summed E-state index contributed by atoms with van der Waals surface area (Å²) < 4.78 is 0. The molecule has 0 nitrogen and oxygen atoms in total. The monoisotopic (exact) mass is 281 g/mol. The molecule has 20 heavy (non-hydrogen) atoms. The zero-order valence-corrected chi connectivity index (χ0v) is 14.4. The molecule has 0 saturated heterocycles. The van der Waals surface area contributed by atoms with Crippen molar-refractivity contribution in [2.45, 2.75) is 52.1 Å². The van der Waals surface area contributed by atoms with Gasteiger partial charge in [0.1, 0.15) is 0 Å². The molecule has 1 heterocycles. The van der Waals surface area contributed by atoms with E-state index in [1.54, 1.807) is 10.4 Å². The van der Waals surface area contributed by atoms with E-state index in [2.05, 4.69) is 71.0 Å². The summed E-state index contributed by atoms with van der Waals surface area (Å²) in [6.07, 6.45) is 0. The third-order valence-electron chi connectivity index (χ3n) is 5.23. The van der Waals surface area contributed by atoms with Crippen LogP contribution < -0.4 is 10.4 Å². The van der Waals surface area contributed by atoms with Crippen LogP contribution in [-0.2, 0) is 5.41 Å². The Kier molecular flexibility index (Phi) is 3.02. The molecular weight excluding hydrogens is 256 g/mol. The fourth-order valence-corrected chi connectivity index (χ4v) is 8.50. The maximum atomic E-state index is 2.54. The summed E-state index contributed by atoms with van der Waals surface area (Å²) in [5.41, 5.74) is 4.77. The lowest BCUT2D eigenvalue weighted by molar-refractivity contribution is 0.591. The van der Waals surface area contributed by atoms with Crippen molar-refractivity contribution in [3.63, 3.8) is 0 Å². The van der Waals surface area contributed by atoms with Gasteiger partial charge in [0.25, 0.3) is 0 Å². The summed E-state index contributed by atoms with van der Waals surface area (Å²) in [4.78, 5) is 0. The van der Waals surface area contributed by atoms with Crippen LogP contribution in [0.4, 0.5) is 0 Å². The Morgan fingerprint density at radius 1 is 1.05 bits per heavy atom. The standard InChI is InChI=1S/C19H25Si/c1-6-20(7-2)17-10-8-9-15(17)16-12-11-14(13-18(16)20)19(3,4)5/h8-13H,6-7H2,1-5H3/q-1. The van der Waals surface area contributed by atoms with E-state index < -0.39 is 8.07 Å². The number of rotatable bonds is 2. The lowest BCUT2D eigenvalue weighted by Crippen LogP contribution is -2.53. The molecule has 0 radical (unpaired) electrons. The molecule has 0 unspecified atom stereocenters. The third kappa shape index (κ3) is 1.69. The van der Waals surface area contributed by atoms with E-state index >= 15 is 0 Å². The average molecular weight is 281 g/mol. The number of hydrogen-bond acceptors (Lipinski definition) is 0. The highest BCUT2D eigenvalue weighted by atomic mass is 28.3. The van der Waals surface area contributed by atoms with Crippen LogP contribution in [0.2, 0.25) is 12.1 Å². The summed E-state index contributed by atoms with van der Waals surface area (Å²) >= 11 is 0. The molecule has 2 aromatic rings. The van der Waals surface area contributed by atoms with Gasteiger partial charge in [0.2, 0.25) is 0 Å². The highest BCUT2D eigenvalue weighted by Crippen LogP contribution is 2.35. The fourth-order valence-electron chi connectivity index (χ4n) is 3.87. The number of fused-ring (bicyclic) bond motifs is 3. The maximum absolute atomic E-state index is 2.54. The van der Waals surface area contributed by atoms with Crippen molar-refractivity contribution in [3.05, 3.63) is 42.0 Å². The maximum Gasteiger partial charge on any atom is 0.0632 e. The van der Waals surface area contributed by atoms with Gasteiger partial charge in [-0.2, -0.15) is 12.1 Å². The molecule has 0 saturated carbocycles. The molecule has 1 heteroatoms. The summed E-state index contributed by atoms with van der Waals surface area (Å²) in [5, 5.41) is 3.38. The van der Waals surface area contributed by atoms with Gasteiger partial charge >= 0.3 is 0 Å². The van der Waals surface area contributed by atoms with Crippen LogP contribution in [0.3, 0.4) is 0 Å². The van der Waals surface area contributed by atoms with Gasteiger partial charge in [-0.05, 0) is 5.41 Å². The van der Waals surface area contributed by atoms with Gasteiger partial charge in [0.15, 0.2) is 0 Å². The van der Waals surface area contributed by atoms with E-state index in [0.29, 0.717) is 0 Å². The van der Waals surface area contributed by atoms with Gasteiger partial charge < -0.3 is 0 Å². The van der Waals surface area contributed by atoms with Crippen LogP contribution in [0.5, 0.6) is 0 Å². The summed E-state index contributed by atoms with van der Waals surface area (Å²) in [7, 11) is -1.48. The normalized spacial score (nSPS) is 16.1. The third-order valence-corrected chi connectivity index (χ3v) is 10.6. The SMILES string of the molecule is CC[Si]1(CC)c2cc(C(C)(C)C)ccc2-[c-]2cccc21. The first-order valence-electron chi connectivity index (χ1n) is 7.85. The summed E-state index contributed by atoms with van der Waals surface area (Å²) in [5.74, 6) is 0. The van der Waals surface area contributed by atoms with Crippen LogP contribution in [0.25, 0.3) is 11.1 Å². The van der Waals surface area contributed by atoms with E-state index in [0.717, 1.165) is 0 Å². The lowest BCUT2D eigenvalue weighted by Gasteiger charge is -2.32. The van der Waals surface area contributed by atoms with Crippen LogP contribution >= 0.6 is 0 Å². The van der Waals surface area contributed by atoms with Crippen molar-refractivity contribution in [2.75, 3.05) is 0 Å². The first-order chi connectivity index (χ1) is 9.44. The Balaban J connectivity index is 2.28. The molecule has 2 aromatic carbocycles. The Morgan fingerprint density at radius 2 is 1.75 bits per heavy atom. The molecule has 0 spiro atoms. The molecule has 0 aromatic heterocycles. The minimum atomic E-state index is -1.48. The highest BCUT2D eigenvalue weighted by molar-refractivity contribution is 7.05. The Bertz CT molecular complexity index is 636. The van der Waals surface area contributed by atoms with Gasteiger partial charge in [0.05, 0.1) is 8.07 Å². The molecule has 0 amide bonds. The van der Waals surface area contributed by atoms with Crippen molar-refractivity contribution in [1.29, 1.82) is 0 Å². The van der Waals surface area contributed by atoms with E-state index in [-0.39, 0.29) is 5.41 Å². The molecule has 0 N–H and O–H groups in total. The average Bonchev–Trinajstić information content (AvgIpc) is 2.97. The highest BCUT2D eigenvalue weighted by Gasteiger charge is 2.37. The predicted molar refractivity (Wildman–Crippen MR) is 92.2 cm³/mol.